The van der Waals surface area contributed by atoms with Crippen molar-refractivity contribution in [3.63, 3.8) is 0 Å². The van der Waals surface area contributed by atoms with E-state index in [2.05, 4.69) is 4.98 Å². The number of hydrogen-bond acceptors (Lipinski definition) is 7. The van der Waals surface area contributed by atoms with Crippen LogP contribution in [0.2, 0.25) is 0 Å². The van der Waals surface area contributed by atoms with Gasteiger partial charge in [-0.25, -0.2) is 13.4 Å². The summed E-state index contributed by atoms with van der Waals surface area (Å²) in [5.74, 6) is -0.304. The first-order chi connectivity index (χ1) is 12.3. The summed E-state index contributed by atoms with van der Waals surface area (Å²) in [6, 6.07) is 8.20. The minimum atomic E-state index is -3.85. The SMILES string of the molecule is CCN(CC)S(=O)(=O)c1ccc(Oc2ncccc2C#N)c([N+](=O)[O-])c1. The monoisotopic (exact) mass is 376 g/mol. The van der Waals surface area contributed by atoms with Crippen LogP contribution in [0.25, 0.3) is 0 Å². The quantitative estimate of drug-likeness (QED) is 0.537. The van der Waals surface area contributed by atoms with Gasteiger partial charge in [0.25, 0.3) is 0 Å². The van der Waals surface area contributed by atoms with Gasteiger partial charge in [-0.1, -0.05) is 13.8 Å². The van der Waals surface area contributed by atoms with E-state index in [0.717, 1.165) is 6.07 Å². The lowest BCUT2D eigenvalue weighted by Crippen LogP contribution is -2.30. The van der Waals surface area contributed by atoms with Crippen molar-refractivity contribution in [3.8, 4) is 17.7 Å². The Morgan fingerprint density at radius 1 is 1.31 bits per heavy atom. The van der Waals surface area contributed by atoms with Gasteiger partial charge in [0.1, 0.15) is 11.6 Å². The van der Waals surface area contributed by atoms with Gasteiger partial charge >= 0.3 is 5.69 Å². The van der Waals surface area contributed by atoms with Crippen LogP contribution < -0.4 is 4.74 Å². The normalized spacial score (nSPS) is 11.2. The topological polar surface area (TPSA) is 126 Å². The van der Waals surface area contributed by atoms with Crippen LogP contribution >= 0.6 is 0 Å². The number of pyridine rings is 1. The second-order valence-electron chi connectivity index (χ2n) is 5.05. The zero-order chi connectivity index (χ0) is 19.3. The number of rotatable bonds is 7. The Bertz CT molecular complexity index is 965. The number of nitro groups is 1. The van der Waals surface area contributed by atoms with E-state index in [1.807, 2.05) is 6.07 Å². The second kappa shape index (κ2) is 7.90. The molecule has 0 saturated carbocycles. The van der Waals surface area contributed by atoms with E-state index >= 15 is 0 Å². The van der Waals surface area contributed by atoms with Crippen LogP contribution in [0.1, 0.15) is 19.4 Å². The van der Waals surface area contributed by atoms with Crippen LogP contribution in [0.3, 0.4) is 0 Å². The third-order valence-corrected chi connectivity index (χ3v) is 5.61. The Labute approximate surface area is 150 Å². The molecule has 0 amide bonds. The lowest BCUT2D eigenvalue weighted by atomic mass is 10.3. The molecule has 0 atom stereocenters. The number of nitriles is 1. The number of nitro benzene ring substituents is 1. The highest BCUT2D eigenvalue weighted by Crippen LogP contribution is 2.34. The Morgan fingerprint density at radius 2 is 2.00 bits per heavy atom. The summed E-state index contributed by atoms with van der Waals surface area (Å²) in [7, 11) is -3.85. The molecule has 2 aromatic rings. The summed E-state index contributed by atoms with van der Waals surface area (Å²) in [4.78, 5) is 14.3. The maximum atomic E-state index is 12.5. The average Bonchev–Trinajstić information content (AvgIpc) is 2.63. The van der Waals surface area contributed by atoms with Gasteiger partial charge in [-0.05, 0) is 24.3 Å². The molecule has 1 heterocycles. The van der Waals surface area contributed by atoms with E-state index in [4.69, 9.17) is 10.00 Å². The molecule has 0 N–H and O–H groups in total. The lowest BCUT2D eigenvalue weighted by molar-refractivity contribution is -0.385. The molecule has 0 saturated heterocycles. The summed E-state index contributed by atoms with van der Waals surface area (Å²) in [5.41, 5.74) is -0.436. The fourth-order valence-corrected chi connectivity index (χ4v) is 3.74. The van der Waals surface area contributed by atoms with Crippen LogP contribution in [-0.4, -0.2) is 35.7 Å². The summed E-state index contributed by atoms with van der Waals surface area (Å²) in [6.45, 7) is 3.84. The molecule has 26 heavy (non-hydrogen) atoms. The standard InChI is InChI=1S/C16H16N4O5S/c1-3-19(4-2)26(23,24)13-7-8-15(14(10-13)20(21)22)25-16-12(11-17)6-5-9-18-16/h5-10H,3-4H2,1-2H3. The highest BCUT2D eigenvalue weighted by molar-refractivity contribution is 7.89. The van der Waals surface area contributed by atoms with Crippen molar-refractivity contribution < 1.29 is 18.1 Å². The fourth-order valence-electron chi connectivity index (χ4n) is 2.26. The fraction of sp³-hybridized carbons (Fsp3) is 0.250. The molecule has 0 radical (unpaired) electrons. The van der Waals surface area contributed by atoms with Crippen molar-refractivity contribution in [1.29, 1.82) is 5.26 Å². The molecule has 0 spiro atoms. The van der Waals surface area contributed by atoms with Gasteiger partial charge in [-0.2, -0.15) is 9.57 Å². The van der Waals surface area contributed by atoms with Crippen molar-refractivity contribution in [2.24, 2.45) is 0 Å². The van der Waals surface area contributed by atoms with Crippen molar-refractivity contribution >= 4 is 15.7 Å². The third kappa shape index (κ3) is 3.79. The van der Waals surface area contributed by atoms with Crippen LogP contribution in [0.15, 0.2) is 41.4 Å². The molecule has 136 valence electrons. The lowest BCUT2D eigenvalue weighted by Gasteiger charge is -2.18. The molecule has 2 rings (SSSR count). The number of hydrogen-bond donors (Lipinski definition) is 0. The first kappa shape index (κ1) is 19.3. The molecule has 0 bridgehead atoms. The third-order valence-electron chi connectivity index (χ3n) is 3.57. The van der Waals surface area contributed by atoms with E-state index in [9.17, 15) is 18.5 Å². The molecule has 0 aliphatic carbocycles. The molecular weight excluding hydrogens is 360 g/mol. The molecule has 9 nitrogen and oxygen atoms in total. The Balaban J connectivity index is 2.51. The molecule has 0 aliphatic rings. The minimum absolute atomic E-state index is 0.0987. The van der Waals surface area contributed by atoms with Crippen LogP contribution in [0.4, 0.5) is 5.69 Å². The molecular formula is C16H16N4O5S. The van der Waals surface area contributed by atoms with Crippen LogP contribution in [0, 0.1) is 21.4 Å². The smallest absolute Gasteiger partial charge is 0.312 e. The van der Waals surface area contributed by atoms with Crippen LogP contribution in [0.5, 0.6) is 11.6 Å². The van der Waals surface area contributed by atoms with E-state index < -0.39 is 20.6 Å². The molecule has 1 aromatic heterocycles. The first-order valence-electron chi connectivity index (χ1n) is 7.66. The summed E-state index contributed by atoms with van der Waals surface area (Å²) < 4.78 is 31.7. The van der Waals surface area contributed by atoms with E-state index in [-0.39, 0.29) is 35.2 Å². The zero-order valence-corrected chi connectivity index (χ0v) is 14.9. The van der Waals surface area contributed by atoms with E-state index in [0.29, 0.717) is 0 Å². The van der Waals surface area contributed by atoms with Crippen molar-refractivity contribution in [2.75, 3.05) is 13.1 Å². The Kier molecular flexibility index (Phi) is 5.86. The first-order valence-corrected chi connectivity index (χ1v) is 9.10. The van der Waals surface area contributed by atoms with Crippen molar-refractivity contribution in [2.45, 2.75) is 18.7 Å². The van der Waals surface area contributed by atoms with Gasteiger partial charge in [0.2, 0.25) is 21.7 Å². The minimum Gasteiger partial charge on any atom is -0.430 e. The number of benzene rings is 1. The summed E-state index contributed by atoms with van der Waals surface area (Å²) >= 11 is 0. The molecule has 0 fully saturated rings. The number of aromatic nitrogens is 1. The number of nitrogens with zero attached hydrogens (tertiary/aromatic N) is 4. The highest BCUT2D eigenvalue weighted by Gasteiger charge is 2.27. The van der Waals surface area contributed by atoms with Gasteiger partial charge in [-0.15, -0.1) is 0 Å². The zero-order valence-electron chi connectivity index (χ0n) is 14.1. The predicted octanol–water partition coefficient (Wildman–Crippen LogP) is 2.68. The highest BCUT2D eigenvalue weighted by atomic mass is 32.2. The van der Waals surface area contributed by atoms with E-state index in [1.165, 1.54) is 34.8 Å². The summed E-state index contributed by atoms with van der Waals surface area (Å²) in [5, 5.41) is 20.4. The number of ether oxygens (including phenoxy) is 1. The maximum absolute atomic E-state index is 12.5. The Morgan fingerprint density at radius 3 is 2.58 bits per heavy atom. The van der Waals surface area contributed by atoms with E-state index in [1.54, 1.807) is 13.8 Å². The molecule has 1 aromatic carbocycles. The van der Waals surface area contributed by atoms with Crippen molar-refractivity contribution in [1.82, 2.24) is 9.29 Å². The molecule has 0 aliphatic heterocycles. The average molecular weight is 376 g/mol. The summed E-state index contributed by atoms with van der Waals surface area (Å²) in [6.07, 6.45) is 1.38. The number of sulfonamides is 1. The van der Waals surface area contributed by atoms with Gasteiger partial charge < -0.3 is 4.74 Å². The molecule has 10 heteroatoms. The largest absolute Gasteiger partial charge is 0.430 e. The van der Waals surface area contributed by atoms with Gasteiger partial charge in [-0.3, -0.25) is 10.1 Å². The maximum Gasteiger partial charge on any atom is 0.312 e. The van der Waals surface area contributed by atoms with Gasteiger partial charge in [0.15, 0.2) is 0 Å². The second-order valence-corrected chi connectivity index (χ2v) is 6.98. The Hall–Kier alpha value is -3.03. The predicted molar refractivity (Wildman–Crippen MR) is 92.2 cm³/mol. The van der Waals surface area contributed by atoms with Gasteiger partial charge in [0, 0.05) is 25.4 Å². The molecule has 0 unspecified atom stereocenters. The van der Waals surface area contributed by atoms with Gasteiger partial charge in [0.05, 0.1) is 9.82 Å². The van der Waals surface area contributed by atoms with Crippen molar-refractivity contribution in [3.05, 3.63) is 52.2 Å². The van der Waals surface area contributed by atoms with Crippen LogP contribution in [-0.2, 0) is 10.0 Å².